The van der Waals surface area contributed by atoms with Gasteiger partial charge in [-0.15, -0.1) is 0 Å². The number of ether oxygens (including phenoxy) is 3. The van der Waals surface area contributed by atoms with Crippen LogP contribution < -0.4 is 19.5 Å². The summed E-state index contributed by atoms with van der Waals surface area (Å²) in [5.74, 6) is 2.00. The molecule has 1 N–H and O–H groups in total. The van der Waals surface area contributed by atoms with Crippen molar-refractivity contribution >= 4 is 11.6 Å². The van der Waals surface area contributed by atoms with Gasteiger partial charge in [0.1, 0.15) is 23.9 Å². The highest BCUT2D eigenvalue weighted by Gasteiger charge is 2.11. The molecule has 0 heterocycles. The number of carbonyl (C=O) groups is 1. The van der Waals surface area contributed by atoms with Crippen molar-refractivity contribution in [1.29, 1.82) is 0 Å². The summed E-state index contributed by atoms with van der Waals surface area (Å²) in [5.41, 5.74) is 2.03. The second-order valence-electron chi connectivity index (χ2n) is 6.04. The van der Waals surface area contributed by atoms with Crippen LogP contribution in [0.4, 0.5) is 5.69 Å². The first kappa shape index (κ1) is 19.3. The minimum Gasteiger partial charge on any atom is -0.496 e. The first-order valence-corrected chi connectivity index (χ1v) is 9.08. The topological polar surface area (TPSA) is 56.8 Å². The van der Waals surface area contributed by atoms with Crippen molar-refractivity contribution in [3.05, 3.63) is 83.9 Å². The lowest BCUT2D eigenvalue weighted by atomic mass is 10.1. The second kappa shape index (κ2) is 9.46. The van der Waals surface area contributed by atoms with E-state index in [0.717, 1.165) is 17.1 Å². The van der Waals surface area contributed by atoms with Crippen LogP contribution in [-0.2, 0) is 6.61 Å². The van der Waals surface area contributed by atoms with Gasteiger partial charge in [0.05, 0.1) is 13.7 Å². The summed E-state index contributed by atoms with van der Waals surface area (Å²) in [5, 5.41) is 2.89. The average Bonchev–Trinajstić information content (AvgIpc) is 2.74. The van der Waals surface area contributed by atoms with Gasteiger partial charge in [0.2, 0.25) is 0 Å². The summed E-state index contributed by atoms with van der Waals surface area (Å²) in [6.07, 6.45) is 0. The van der Waals surface area contributed by atoms with E-state index in [1.165, 1.54) is 0 Å². The molecule has 3 aromatic carbocycles. The average molecular weight is 377 g/mol. The molecule has 0 aliphatic rings. The maximum atomic E-state index is 12.6. The Labute approximate surface area is 164 Å². The summed E-state index contributed by atoms with van der Waals surface area (Å²) in [6, 6.07) is 22.1. The van der Waals surface area contributed by atoms with Crippen LogP contribution in [0.3, 0.4) is 0 Å². The number of amides is 1. The molecule has 0 spiro atoms. The molecule has 0 fully saturated rings. The molecule has 0 radical (unpaired) electrons. The highest BCUT2D eigenvalue weighted by molar-refractivity contribution is 6.04. The number of para-hydroxylation sites is 1. The van der Waals surface area contributed by atoms with Gasteiger partial charge in [-0.25, -0.2) is 0 Å². The standard InChI is InChI=1S/C23H23NO4/c1-3-27-21-12-10-19(11-13-21)24-23(25)17-9-14-22(26-2)18(15-17)16-28-20-7-5-4-6-8-20/h4-15H,3,16H2,1-2H3,(H,24,25). The van der Waals surface area contributed by atoms with Crippen LogP contribution in [0.1, 0.15) is 22.8 Å². The highest BCUT2D eigenvalue weighted by Crippen LogP contribution is 2.23. The number of carbonyl (C=O) groups excluding carboxylic acids is 1. The molecular weight excluding hydrogens is 354 g/mol. The number of hydrogen-bond donors (Lipinski definition) is 1. The van der Waals surface area contributed by atoms with Gasteiger partial charge in [-0.1, -0.05) is 18.2 Å². The number of anilines is 1. The molecule has 0 aliphatic carbocycles. The van der Waals surface area contributed by atoms with Crippen LogP contribution in [-0.4, -0.2) is 19.6 Å². The molecule has 1 amide bonds. The minimum atomic E-state index is -0.201. The fourth-order valence-electron chi connectivity index (χ4n) is 2.71. The van der Waals surface area contributed by atoms with E-state index in [0.29, 0.717) is 30.2 Å². The zero-order valence-corrected chi connectivity index (χ0v) is 16.0. The molecule has 3 aromatic rings. The van der Waals surface area contributed by atoms with Crippen LogP contribution in [0.5, 0.6) is 17.2 Å². The molecule has 5 nitrogen and oxygen atoms in total. The Morgan fingerprint density at radius 3 is 2.29 bits per heavy atom. The lowest BCUT2D eigenvalue weighted by Crippen LogP contribution is -2.12. The molecule has 0 bridgehead atoms. The Bertz CT molecular complexity index is 908. The highest BCUT2D eigenvalue weighted by atomic mass is 16.5. The maximum Gasteiger partial charge on any atom is 0.255 e. The first-order chi connectivity index (χ1) is 13.7. The zero-order chi connectivity index (χ0) is 19.8. The lowest BCUT2D eigenvalue weighted by Gasteiger charge is -2.12. The Morgan fingerprint density at radius 2 is 1.61 bits per heavy atom. The smallest absolute Gasteiger partial charge is 0.255 e. The van der Waals surface area contributed by atoms with Crippen molar-refractivity contribution < 1.29 is 19.0 Å². The van der Waals surface area contributed by atoms with Crippen LogP contribution in [0.25, 0.3) is 0 Å². The van der Waals surface area contributed by atoms with Crippen molar-refractivity contribution in [2.75, 3.05) is 19.0 Å². The molecule has 28 heavy (non-hydrogen) atoms. The van der Waals surface area contributed by atoms with Gasteiger partial charge in [0.25, 0.3) is 5.91 Å². The van der Waals surface area contributed by atoms with Gasteiger partial charge in [-0.05, 0) is 61.5 Å². The SMILES string of the molecule is CCOc1ccc(NC(=O)c2ccc(OC)c(COc3ccccc3)c2)cc1. The van der Waals surface area contributed by atoms with Crippen molar-refractivity contribution in [3.63, 3.8) is 0 Å². The molecule has 0 saturated carbocycles. The molecule has 0 aliphatic heterocycles. The number of nitrogens with one attached hydrogen (secondary N) is 1. The molecule has 3 rings (SSSR count). The summed E-state index contributed by atoms with van der Waals surface area (Å²) < 4.78 is 16.6. The Kier molecular flexibility index (Phi) is 6.52. The molecule has 0 aromatic heterocycles. The maximum absolute atomic E-state index is 12.6. The van der Waals surface area contributed by atoms with Crippen molar-refractivity contribution in [2.24, 2.45) is 0 Å². The minimum absolute atomic E-state index is 0.201. The summed E-state index contributed by atoms with van der Waals surface area (Å²) in [6.45, 7) is 2.83. The molecule has 0 unspecified atom stereocenters. The van der Waals surface area contributed by atoms with Gasteiger partial charge in [-0.3, -0.25) is 4.79 Å². The third-order valence-electron chi connectivity index (χ3n) is 4.10. The molecule has 5 heteroatoms. The predicted octanol–water partition coefficient (Wildman–Crippen LogP) is 4.93. The van der Waals surface area contributed by atoms with Gasteiger partial charge in [0, 0.05) is 16.8 Å². The largest absolute Gasteiger partial charge is 0.496 e. The third-order valence-corrected chi connectivity index (χ3v) is 4.10. The number of hydrogen-bond acceptors (Lipinski definition) is 4. The number of methoxy groups -OCH3 is 1. The molecule has 144 valence electrons. The lowest BCUT2D eigenvalue weighted by molar-refractivity contribution is 0.102. The molecular formula is C23H23NO4. The summed E-state index contributed by atoms with van der Waals surface area (Å²) in [7, 11) is 1.60. The number of rotatable bonds is 8. The van der Waals surface area contributed by atoms with E-state index >= 15 is 0 Å². The van der Waals surface area contributed by atoms with Crippen LogP contribution >= 0.6 is 0 Å². The van der Waals surface area contributed by atoms with Gasteiger partial charge >= 0.3 is 0 Å². The van der Waals surface area contributed by atoms with Gasteiger partial charge < -0.3 is 19.5 Å². The zero-order valence-electron chi connectivity index (χ0n) is 16.0. The fourth-order valence-corrected chi connectivity index (χ4v) is 2.71. The van der Waals surface area contributed by atoms with Crippen molar-refractivity contribution in [3.8, 4) is 17.2 Å². The van der Waals surface area contributed by atoms with Gasteiger partial charge in [0.15, 0.2) is 0 Å². The van der Waals surface area contributed by atoms with E-state index in [-0.39, 0.29) is 5.91 Å². The van der Waals surface area contributed by atoms with E-state index in [9.17, 15) is 4.79 Å². The van der Waals surface area contributed by atoms with E-state index < -0.39 is 0 Å². The van der Waals surface area contributed by atoms with Crippen LogP contribution in [0.15, 0.2) is 72.8 Å². The monoisotopic (exact) mass is 377 g/mol. The normalized spacial score (nSPS) is 10.2. The van der Waals surface area contributed by atoms with Crippen molar-refractivity contribution in [2.45, 2.75) is 13.5 Å². The fraction of sp³-hybridized carbons (Fsp3) is 0.174. The first-order valence-electron chi connectivity index (χ1n) is 9.08. The summed E-state index contributed by atoms with van der Waals surface area (Å²) in [4.78, 5) is 12.6. The predicted molar refractivity (Wildman–Crippen MR) is 109 cm³/mol. The Hall–Kier alpha value is -3.47. The van der Waals surface area contributed by atoms with E-state index in [2.05, 4.69) is 5.32 Å². The third kappa shape index (κ3) is 5.04. The van der Waals surface area contributed by atoms with Crippen LogP contribution in [0, 0.1) is 0 Å². The van der Waals surface area contributed by atoms with Gasteiger partial charge in [-0.2, -0.15) is 0 Å². The number of benzene rings is 3. The van der Waals surface area contributed by atoms with E-state index in [1.54, 1.807) is 25.3 Å². The summed E-state index contributed by atoms with van der Waals surface area (Å²) >= 11 is 0. The molecule has 0 atom stereocenters. The van der Waals surface area contributed by atoms with E-state index in [4.69, 9.17) is 14.2 Å². The second-order valence-corrected chi connectivity index (χ2v) is 6.04. The Morgan fingerprint density at radius 1 is 0.893 bits per heavy atom. The van der Waals surface area contributed by atoms with E-state index in [1.807, 2.05) is 61.5 Å². The van der Waals surface area contributed by atoms with Crippen molar-refractivity contribution in [1.82, 2.24) is 0 Å². The quantitative estimate of drug-likeness (QED) is 0.605. The Balaban J connectivity index is 1.71. The van der Waals surface area contributed by atoms with Crippen LogP contribution in [0.2, 0.25) is 0 Å². The molecule has 0 saturated heterocycles.